The van der Waals surface area contributed by atoms with E-state index < -0.39 is 0 Å². The number of hydrogen-bond donors (Lipinski definition) is 0. The van der Waals surface area contributed by atoms with E-state index in [0.29, 0.717) is 0 Å². The standard InChI is InChI=1S/C20H22N3P.Y/c1-2-15-7-3-4-8-17(15)16-11-13-22(14-12-16)20-21-18-9-5-6-10-19(18)23(20)24;/h3-10H,1-2,11-14,24H2;/q-2;. The Morgan fingerprint density at radius 3 is 2.44 bits per heavy atom. The number of benzene rings is 2. The van der Waals surface area contributed by atoms with E-state index in [0.717, 1.165) is 49.3 Å². The molecule has 1 aromatic heterocycles. The van der Waals surface area contributed by atoms with Gasteiger partial charge in [-0.15, -0.1) is 12.1 Å². The zero-order valence-corrected chi connectivity index (χ0v) is 18.4. The topological polar surface area (TPSA) is 21.1 Å². The van der Waals surface area contributed by atoms with Gasteiger partial charge in [0.1, 0.15) is 0 Å². The van der Waals surface area contributed by atoms with Crippen molar-refractivity contribution in [3.05, 3.63) is 72.5 Å². The van der Waals surface area contributed by atoms with Crippen LogP contribution in [0.25, 0.3) is 11.0 Å². The molecule has 4 rings (SSSR count). The van der Waals surface area contributed by atoms with E-state index in [1.165, 1.54) is 11.1 Å². The summed E-state index contributed by atoms with van der Waals surface area (Å²) in [7, 11) is 2.80. The molecule has 2 heterocycles. The first-order valence-corrected chi connectivity index (χ1v) is 8.99. The zero-order valence-electron chi connectivity index (χ0n) is 14.4. The van der Waals surface area contributed by atoms with E-state index in [-0.39, 0.29) is 32.7 Å². The molecule has 1 aliphatic heterocycles. The van der Waals surface area contributed by atoms with Crippen LogP contribution in [0, 0.1) is 12.8 Å². The SMILES string of the molecule is [CH2-]Cc1ccccc1[C-]1CCN(c2nc3ccccc3n2P)CC1.[Y]. The number of rotatable bonds is 3. The first-order valence-electron chi connectivity index (χ1n) is 8.47. The predicted octanol–water partition coefficient (Wildman–Crippen LogP) is 4.27. The second-order valence-corrected chi connectivity index (χ2v) is 6.78. The minimum atomic E-state index is 0. The molecule has 0 aliphatic carbocycles. The quantitative estimate of drug-likeness (QED) is 0.463. The van der Waals surface area contributed by atoms with Gasteiger partial charge < -0.3 is 11.8 Å². The van der Waals surface area contributed by atoms with Gasteiger partial charge in [0.25, 0.3) is 0 Å². The van der Waals surface area contributed by atoms with Crippen LogP contribution in [0.5, 0.6) is 0 Å². The third kappa shape index (κ3) is 3.65. The molecule has 0 N–H and O–H groups in total. The normalized spacial score (nSPS) is 14.6. The van der Waals surface area contributed by atoms with Gasteiger partial charge in [-0.25, -0.2) is 11.4 Å². The molecule has 3 aromatic rings. The van der Waals surface area contributed by atoms with E-state index in [2.05, 4.69) is 68.0 Å². The number of piperidine rings is 1. The van der Waals surface area contributed by atoms with E-state index in [1.54, 1.807) is 5.92 Å². The maximum absolute atomic E-state index is 4.82. The van der Waals surface area contributed by atoms with Crippen molar-refractivity contribution < 1.29 is 32.7 Å². The minimum Gasteiger partial charge on any atom is -0.350 e. The Kier molecular flexibility index (Phi) is 6.20. The smallest absolute Gasteiger partial charge is 0.209 e. The summed E-state index contributed by atoms with van der Waals surface area (Å²) in [5.41, 5.74) is 4.99. The van der Waals surface area contributed by atoms with E-state index >= 15 is 0 Å². The van der Waals surface area contributed by atoms with E-state index in [9.17, 15) is 0 Å². The van der Waals surface area contributed by atoms with Crippen LogP contribution >= 0.6 is 9.39 Å². The van der Waals surface area contributed by atoms with Crippen molar-refractivity contribution in [1.82, 2.24) is 9.32 Å². The summed E-state index contributed by atoms with van der Waals surface area (Å²) in [4.78, 5) is 7.21. The van der Waals surface area contributed by atoms with Crippen molar-refractivity contribution in [2.45, 2.75) is 19.3 Å². The van der Waals surface area contributed by atoms with Crippen LogP contribution in [0.1, 0.15) is 24.0 Å². The molecule has 0 bridgehead atoms. The molecular weight excluding hydrogens is 402 g/mol. The average molecular weight is 424 g/mol. The third-order valence-electron chi connectivity index (χ3n) is 4.89. The van der Waals surface area contributed by atoms with Crippen molar-refractivity contribution in [3.8, 4) is 0 Å². The van der Waals surface area contributed by atoms with Gasteiger partial charge in [0, 0.05) is 45.8 Å². The molecule has 127 valence electrons. The van der Waals surface area contributed by atoms with Gasteiger partial charge in [0.2, 0.25) is 5.95 Å². The van der Waals surface area contributed by atoms with Gasteiger partial charge in [0.05, 0.1) is 11.0 Å². The van der Waals surface area contributed by atoms with E-state index in [4.69, 9.17) is 4.98 Å². The van der Waals surface area contributed by atoms with Gasteiger partial charge in [-0.05, 0) is 21.5 Å². The van der Waals surface area contributed by atoms with Gasteiger partial charge in [0.15, 0.2) is 0 Å². The number of nitrogens with zero attached hydrogens (tertiary/aromatic N) is 3. The molecule has 1 aliphatic rings. The van der Waals surface area contributed by atoms with E-state index in [1.807, 2.05) is 6.07 Å². The second-order valence-electron chi connectivity index (χ2n) is 6.27. The van der Waals surface area contributed by atoms with Crippen molar-refractivity contribution in [3.63, 3.8) is 0 Å². The monoisotopic (exact) mass is 424 g/mol. The van der Waals surface area contributed by atoms with Crippen molar-refractivity contribution >= 4 is 26.4 Å². The van der Waals surface area contributed by atoms with Crippen LogP contribution in [0.4, 0.5) is 5.95 Å². The second kappa shape index (κ2) is 8.21. The largest absolute Gasteiger partial charge is 0.350 e. The number of para-hydroxylation sites is 2. The van der Waals surface area contributed by atoms with Crippen LogP contribution < -0.4 is 4.90 Å². The van der Waals surface area contributed by atoms with Gasteiger partial charge >= 0.3 is 0 Å². The van der Waals surface area contributed by atoms with Crippen molar-refractivity contribution in [2.24, 2.45) is 0 Å². The first kappa shape index (κ1) is 18.9. The summed E-state index contributed by atoms with van der Waals surface area (Å²) in [6.45, 7) is 6.09. The molecule has 1 atom stereocenters. The maximum atomic E-state index is 4.82. The summed E-state index contributed by atoms with van der Waals surface area (Å²) in [5, 5.41) is 0. The molecule has 1 fully saturated rings. The molecule has 1 unspecified atom stereocenters. The van der Waals surface area contributed by atoms with Gasteiger partial charge in [-0.3, -0.25) is 4.34 Å². The third-order valence-corrected chi connectivity index (χ3v) is 5.40. The van der Waals surface area contributed by atoms with Crippen LogP contribution in [0.3, 0.4) is 0 Å². The molecule has 25 heavy (non-hydrogen) atoms. The first-order chi connectivity index (χ1) is 11.8. The van der Waals surface area contributed by atoms with Gasteiger partial charge in [-0.2, -0.15) is 23.1 Å². The Hall–Kier alpha value is -0.886. The Bertz CT molecular complexity index is 853. The van der Waals surface area contributed by atoms with Crippen molar-refractivity contribution in [2.75, 3.05) is 18.0 Å². The molecule has 2 aromatic carbocycles. The number of hydrogen-bond acceptors (Lipinski definition) is 2. The molecule has 5 heteroatoms. The summed E-state index contributed by atoms with van der Waals surface area (Å²) in [5.74, 6) is 2.60. The molecule has 3 nitrogen and oxygen atoms in total. The fourth-order valence-corrected chi connectivity index (χ4v) is 4.02. The fraction of sp³-hybridized carbons (Fsp3) is 0.250. The average Bonchev–Trinajstić information content (AvgIpc) is 2.99. The zero-order chi connectivity index (χ0) is 16.5. The van der Waals surface area contributed by atoms with Crippen LogP contribution in [0.2, 0.25) is 0 Å². The van der Waals surface area contributed by atoms with Crippen LogP contribution in [0.15, 0.2) is 48.5 Å². The Labute approximate surface area is 177 Å². The predicted molar refractivity (Wildman–Crippen MR) is 104 cm³/mol. The molecule has 0 saturated carbocycles. The Morgan fingerprint density at radius 2 is 1.72 bits per heavy atom. The number of fused-ring (bicyclic) bond motifs is 1. The summed E-state index contributed by atoms with van der Waals surface area (Å²) >= 11 is 0. The fourth-order valence-electron chi connectivity index (χ4n) is 3.58. The number of aromatic nitrogens is 2. The maximum Gasteiger partial charge on any atom is 0.209 e. The van der Waals surface area contributed by atoms with Crippen LogP contribution in [-0.4, -0.2) is 22.4 Å². The molecule has 1 radical (unpaired) electrons. The van der Waals surface area contributed by atoms with Crippen LogP contribution in [-0.2, 0) is 39.1 Å². The molecule has 0 amide bonds. The molecule has 1 saturated heterocycles. The number of anilines is 1. The number of imidazole rings is 1. The summed E-state index contributed by atoms with van der Waals surface area (Å²) in [6.07, 6.45) is 3.03. The summed E-state index contributed by atoms with van der Waals surface area (Å²) < 4.78 is 2.13. The van der Waals surface area contributed by atoms with Crippen molar-refractivity contribution in [1.29, 1.82) is 0 Å². The molecule has 0 spiro atoms. The summed E-state index contributed by atoms with van der Waals surface area (Å²) in [6, 6.07) is 17.0. The molecular formula is C20H22N3PY-2. The Balaban J connectivity index is 0.00000182. The minimum absolute atomic E-state index is 0. The Morgan fingerprint density at radius 1 is 1.04 bits per heavy atom. The van der Waals surface area contributed by atoms with Gasteiger partial charge in [-0.1, -0.05) is 31.0 Å².